The molecular formula is C19H25N3O. The number of fused-ring (bicyclic) bond motifs is 1. The maximum Gasteiger partial charge on any atom is 0.223 e. The van der Waals surface area contributed by atoms with Crippen LogP contribution in [0, 0.1) is 0 Å². The van der Waals surface area contributed by atoms with Crippen LogP contribution in [-0.4, -0.2) is 27.3 Å². The van der Waals surface area contributed by atoms with Crippen molar-refractivity contribution in [2.24, 2.45) is 0 Å². The molecule has 0 saturated carbocycles. The number of H-pyrrole nitrogens is 1. The molecule has 0 unspecified atom stereocenters. The second-order valence-corrected chi connectivity index (χ2v) is 7.34. The average molecular weight is 311 g/mol. The van der Waals surface area contributed by atoms with Crippen LogP contribution in [0.15, 0.2) is 30.6 Å². The number of amides is 1. The zero-order chi connectivity index (χ0) is 16.4. The maximum atomic E-state index is 12.4. The van der Waals surface area contributed by atoms with Crippen molar-refractivity contribution in [1.29, 1.82) is 0 Å². The summed E-state index contributed by atoms with van der Waals surface area (Å²) in [7, 11) is 0. The molecule has 1 aliphatic rings. The van der Waals surface area contributed by atoms with Gasteiger partial charge in [-0.05, 0) is 23.0 Å². The van der Waals surface area contributed by atoms with Gasteiger partial charge in [0, 0.05) is 19.4 Å². The van der Waals surface area contributed by atoms with Gasteiger partial charge in [0.15, 0.2) is 0 Å². The van der Waals surface area contributed by atoms with Crippen LogP contribution in [0.25, 0.3) is 0 Å². The zero-order valence-corrected chi connectivity index (χ0v) is 14.2. The van der Waals surface area contributed by atoms with Crippen LogP contribution in [0.1, 0.15) is 49.7 Å². The van der Waals surface area contributed by atoms with E-state index in [1.54, 1.807) is 6.33 Å². The van der Waals surface area contributed by atoms with Gasteiger partial charge in [-0.2, -0.15) is 0 Å². The number of carbonyl (C=O) groups excluding carboxylic acids is 1. The lowest BCUT2D eigenvalue weighted by molar-refractivity contribution is -0.132. The summed E-state index contributed by atoms with van der Waals surface area (Å²) < 4.78 is 0. The van der Waals surface area contributed by atoms with Gasteiger partial charge in [0.25, 0.3) is 0 Å². The summed E-state index contributed by atoms with van der Waals surface area (Å²) in [5, 5.41) is 0. The summed E-state index contributed by atoms with van der Waals surface area (Å²) in [5.41, 5.74) is 4.91. The molecule has 2 aromatic rings. The van der Waals surface area contributed by atoms with Crippen LogP contribution in [0.2, 0.25) is 0 Å². The summed E-state index contributed by atoms with van der Waals surface area (Å²) in [4.78, 5) is 21.8. The average Bonchev–Trinajstić information content (AvgIpc) is 2.99. The van der Waals surface area contributed by atoms with Gasteiger partial charge in [-0.15, -0.1) is 0 Å². The number of rotatable bonds is 3. The molecule has 1 aromatic heterocycles. The number of hydrogen-bond acceptors (Lipinski definition) is 2. The van der Waals surface area contributed by atoms with E-state index in [0.29, 0.717) is 13.0 Å². The van der Waals surface area contributed by atoms with Crippen LogP contribution in [-0.2, 0) is 29.6 Å². The molecule has 0 atom stereocenters. The Kier molecular flexibility index (Phi) is 4.24. The molecule has 0 spiro atoms. The molecule has 0 bridgehead atoms. The first-order valence-electron chi connectivity index (χ1n) is 8.32. The Balaban J connectivity index is 1.55. The van der Waals surface area contributed by atoms with E-state index in [0.717, 1.165) is 30.8 Å². The largest absolute Gasteiger partial charge is 0.347 e. The van der Waals surface area contributed by atoms with Gasteiger partial charge in [-0.25, -0.2) is 4.98 Å². The van der Waals surface area contributed by atoms with Gasteiger partial charge in [-0.3, -0.25) is 4.79 Å². The van der Waals surface area contributed by atoms with E-state index in [2.05, 4.69) is 55.0 Å². The number of carbonyl (C=O) groups is 1. The fourth-order valence-electron chi connectivity index (χ4n) is 3.01. The van der Waals surface area contributed by atoms with Crippen molar-refractivity contribution in [3.63, 3.8) is 0 Å². The van der Waals surface area contributed by atoms with Crippen molar-refractivity contribution in [3.8, 4) is 0 Å². The van der Waals surface area contributed by atoms with Gasteiger partial charge >= 0.3 is 0 Å². The topological polar surface area (TPSA) is 49.0 Å². The fourth-order valence-corrected chi connectivity index (χ4v) is 3.01. The van der Waals surface area contributed by atoms with E-state index in [-0.39, 0.29) is 11.3 Å². The molecule has 23 heavy (non-hydrogen) atoms. The van der Waals surface area contributed by atoms with Gasteiger partial charge in [0.1, 0.15) is 0 Å². The Hall–Kier alpha value is -2.10. The lowest BCUT2D eigenvalue weighted by Crippen LogP contribution is -2.36. The molecule has 0 fully saturated rings. The monoisotopic (exact) mass is 311 g/mol. The number of aromatic nitrogens is 2. The molecule has 1 amide bonds. The van der Waals surface area contributed by atoms with E-state index in [1.807, 2.05) is 4.90 Å². The number of nitrogens with one attached hydrogen (secondary N) is 1. The Morgan fingerprint density at radius 1 is 1.26 bits per heavy atom. The third-order valence-corrected chi connectivity index (χ3v) is 4.58. The molecule has 1 N–H and O–H groups in total. The Morgan fingerprint density at radius 2 is 2.00 bits per heavy atom. The Labute approximate surface area is 137 Å². The van der Waals surface area contributed by atoms with Gasteiger partial charge < -0.3 is 9.88 Å². The Morgan fingerprint density at radius 3 is 2.70 bits per heavy atom. The molecular weight excluding hydrogens is 286 g/mol. The number of aromatic amines is 1. The second-order valence-electron chi connectivity index (χ2n) is 7.34. The first-order valence-corrected chi connectivity index (χ1v) is 8.32. The third-order valence-electron chi connectivity index (χ3n) is 4.58. The number of nitrogens with zero attached hydrogens (tertiary/aromatic N) is 2. The van der Waals surface area contributed by atoms with E-state index in [9.17, 15) is 4.79 Å². The predicted octanol–water partition coefficient (Wildman–Crippen LogP) is 3.22. The van der Waals surface area contributed by atoms with Crippen LogP contribution >= 0.6 is 0 Å². The third kappa shape index (κ3) is 3.63. The predicted molar refractivity (Wildman–Crippen MR) is 91.2 cm³/mol. The minimum Gasteiger partial charge on any atom is -0.347 e. The van der Waals surface area contributed by atoms with Crippen LogP contribution in [0.4, 0.5) is 0 Å². The molecule has 3 rings (SSSR count). The smallest absolute Gasteiger partial charge is 0.223 e. The molecule has 2 heterocycles. The van der Waals surface area contributed by atoms with Gasteiger partial charge in [0.05, 0.1) is 24.3 Å². The molecule has 122 valence electrons. The standard InChI is InChI=1S/C19H25N3O/c1-19(2,3)15-7-4-14(5-8-15)6-9-18(23)22-11-10-16-17(12-22)21-13-20-16/h4-5,7-8,13H,6,9-12H2,1-3H3,(H,20,21). The first-order chi connectivity index (χ1) is 10.9. The first kappa shape index (κ1) is 15.8. The molecule has 0 radical (unpaired) electrons. The van der Waals surface area contributed by atoms with Gasteiger partial charge in [0.2, 0.25) is 5.91 Å². The summed E-state index contributed by atoms with van der Waals surface area (Å²) in [6.45, 7) is 8.08. The summed E-state index contributed by atoms with van der Waals surface area (Å²) in [5.74, 6) is 0.227. The van der Waals surface area contributed by atoms with Crippen LogP contribution in [0.5, 0.6) is 0 Å². The molecule has 4 nitrogen and oxygen atoms in total. The highest BCUT2D eigenvalue weighted by Gasteiger charge is 2.22. The van der Waals surface area contributed by atoms with Crippen molar-refractivity contribution < 1.29 is 4.79 Å². The molecule has 1 aliphatic heterocycles. The minimum atomic E-state index is 0.171. The lowest BCUT2D eigenvalue weighted by Gasteiger charge is -2.26. The van der Waals surface area contributed by atoms with Crippen LogP contribution in [0.3, 0.4) is 0 Å². The minimum absolute atomic E-state index is 0.171. The van der Waals surface area contributed by atoms with Crippen molar-refractivity contribution >= 4 is 5.91 Å². The molecule has 0 saturated heterocycles. The van der Waals surface area contributed by atoms with Crippen molar-refractivity contribution in [1.82, 2.24) is 14.9 Å². The second kappa shape index (κ2) is 6.19. The van der Waals surface area contributed by atoms with Crippen molar-refractivity contribution in [2.45, 2.75) is 52.0 Å². The van der Waals surface area contributed by atoms with Gasteiger partial charge in [-0.1, -0.05) is 45.0 Å². The van der Waals surface area contributed by atoms with E-state index in [4.69, 9.17) is 0 Å². The molecule has 0 aliphatic carbocycles. The highest BCUT2D eigenvalue weighted by molar-refractivity contribution is 5.76. The quantitative estimate of drug-likeness (QED) is 0.946. The number of aryl methyl sites for hydroxylation is 1. The Bertz CT molecular complexity index is 679. The maximum absolute atomic E-state index is 12.4. The van der Waals surface area contributed by atoms with Crippen molar-refractivity contribution in [3.05, 3.63) is 53.1 Å². The lowest BCUT2D eigenvalue weighted by atomic mass is 9.86. The van der Waals surface area contributed by atoms with E-state index >= 15 is 0 Å². The summed E-state index contributed by atoms with van der Waals surface area (Å²) in [6.07, 6.45) is 3.94. The highest BCUT2D eigenvalue weighted by Crippen LogP contribution is 2.22. The van der Waals surface area contributed by atoms with Crippen molar-refractivity contribution in [2.75, 3.05) is 6.54 Å². The number of imidazole rings is 1. The zero-order valence-electron chi connectivity index (χ0n) is 14.2. The van der Waals surface area contributed by atoms with E-state index in [1.165, 1.54) is 11.1 Å². The summed E-state index contributed by atoms with van der Waals surface area (Å²) >= 11 is 0. The SMILES string of the molecule is CC(C)(C)c1ccc(CCC(=O)N2CCc3nc[nH]c3C2)cc1. The molecule has 1 aromatic carbocycles. The fraction of sp³-hybridized carbons (Fsp3) is 0.474. The van der Waals surface area contributed by atoms with E-state index < -0.39 is 0 Å². The normalized spacial score (nSPS) is 14.7. The summed E-state index contributed by atoms with van der Waals surface area (Å²) in [6, 6.07) is 8.66. The van der Waals surface area contributed by atoms with Crippen LogP contribution < -0.4 is 0 Å². The number of benzene rings is 1. The molecule has 4 heteroatoms. The highest BCUT2D eigenvalue weighted by atomic mass is 16.2. The number of hydrogen-bond donors (Lipinski definition) is 1.